The van der Waals surface area contributed by atoms with E-state index >= 15 is 0 Å². The number of nitrogens with zero attached hydrogens (tertiary/aromatic N) is 4. The molecule has 1 N–H and O–H groups in total. The van der Waals surface area contributed by atoms with Gasteiger partial charge >= 0.3 is 0 Å². The number of thiazole rings is 1. The van der Waals surface area contributed by atoms with Gasteiger partial charge in [-0.1, -0.05) is 54.0 Å². The summed E-state index contributed by atoms with van der Waals surface area (Å²) >= 11 is 7.99. The molecule has 4 rings (SSSR count). The largest absolute Gasteiger partial charge is 0.492 e. The normalized spacial score (nSPS) is 17.9. The van der Waals surface area contributed by atoms with E-state index in [0.717, 1.165) is 28.6 Å². The van der Waals surface area contributed by atoms with Crippen LogP contribution in [0.1, 0.15) is 42.2 Å². The predicted molar refractivity (Wildman–Crippen MR) is 95.9 cm³/mol. The Morgan fingerprint density at radius 3 is 2.58 bits per heavy atom. The van der Waals surface area contributed by atoms with Crippen LogP contribution in [0.2, 0.25) is 5.02 Å². The van der Waals surface area contributed by atoms with E-state index in [1.54, 1.807) is 0 Å². The summed E-state index contributed by atoms with van der Waals surface area (Å²) in [4.78, 5) is 8.22. The fourth-order valence-corrected chi connectivity index (χ4v) is 4.75. The van der Waals surface area contributed by atoms with Gasteiger partial charge in [0.05, 0.1) is 10.9 Å². The molecule has 3 heterocycles. The molecule has 0 spiro atoms. The van der Waals surface area contributed by atoms with Gasteiger partial charge in [0, 0.05) is 5.02 Å². The molecule has 1 aromatic carbocycles. The molecule has 0 aliphatic carbocycles. The van der Waals surface area contributed by atoms with E-state index < -0.39 is 0 Å². The van der Waals surface area contributed by atoms with Gasteiger partial charge in [0.15, 0.2) is 0 Å². The maximum absolute atomic E-state index is 10.7. The zero-order valence-electron chi connectivity index (χ0n) is 13.2. The average Bonchev–Trinajstić information content (AvgIpc) is 3.04. The first-order chi connectivity index (χ1) is 11.8. The molecule has 1 saturated heterocycles. The van der Waals surface area contributed by atoms with Crippen molar-refractivity contribution in [3.8, 4) is 5.88 Å². The molecule has 126 valence electrons. The Balaban J connectivity index is 1.84. The second-order valence-corrected chi connectivity index (χ2v) is 7.53. The van der Waals surface area contributed by atoms with E-state index in [1.807, 2.05) is 24.3 Å². The van der Waals surface area contributed by atoms with Crippen LogP contribution in [-0.2, 0) is 0 Å². The Morgan fingerprint density at radius 1 is 1.12 bits per heavy atom. The van der Waals surface area contributed by atoms with Crippen LogP contribution in [0.5, 0.6) is 5.88 Å². The fraction of sp³-hybridized carbons (Fsp3) is 0.412. The van der Waals surface area contributed by atoms with Crippen LogP contribution in [0.4, 0.5) is 0 Å². The lowest BCUT2D eigenvalue weighted by atomic mass is 10.0. The molecule has 7 heteroatoms. The molecule has 24 heavy (non-hydrogen) atoms. The van der Waals surface area contributed by atoms with Crippen molar-refractivity contribution in [3.05, 3.63) is 46.1 Å². The average molecular weight is 363 g/mol. The van der Waals surface area contributed by atoms with Gasteiger partial charge in [-0.05, 0) is 37.6 Å². The molecule has 1 fully saturated rings. The van der Waals surface area contributed by atoms with Crippen molar-refractivity contribution in [2.24, 2.45) is 0 Å². The van der Waals surface area contributed by atoms with Gasteiger partial charge in [-0.2, -0.15) is 9.61 Å². The number of aromatic hydroxyl groups is 1. The monoisotopic (exact) mass is 362 g/mol. The van der Waals surface area contributed by atoms with Crippen LogP contribution in [0.25, 0.3) is 4.96 Å². The topological polar surface area (TPSA) is 53.7 Å². The van der Waals surface area contributed by atoms with Crippen molar-refractivity contribution in [1.29, 1.82) is 0 Å². The first kappa shape index (κ1) is 15.9. The van der Waals surface area contributed by atoms with Gasteiger partial charge in [-0.3, -0.25) is 4.90 Å². The zero-order chi connectivity index (χ0) is 16.5. The van der Waals surface area contributed by atoms with Gasteiger partial charge in [0.1, 0.15) is 6.33 Å². The third-order valence-corrected chi connectivity index (χ3v) is 6.02. The predicted octanol–water partition coefficient (Wildman–Crippen LogP) is 4.12. The van der Waals surface area contributed by atoms with Crippen molar-refractivity contribution in [2.45, 2.75) is 31.7 Å². The van der Waals surface area contributed by atoms with Gasteiger partial charge in [0.25, 0.3) is 0 Å². The zero-order valence-corrected chi connectivity index (χ0v) is 14.8. The quantitative estimate of drug-likeness (QED) is 0.761. The molecule has 1 aliphatic rings. The molecule has 3 aromatic rings. The van der Waals surface area contributed by atoms with Crippen LogP contribution in [0.15, 0.2) is 30.6 Å². The smallest absolute Gasteiger partial charge is 0.230 e. The summed E-state index contributed by atoms with van der Waals surface area (Å²) in [5, 5.41) is 15.5. The van der Waals surface area contributed by atoms with Gasteiger partial charge in [0.2, 0.25) is 10.8 Å². The SMILES string of the molecule is Oc1c(C(c2ccccc2Cl)N2CCCCCC2)sc2ncnn12. The van der Waals surface area contributed by atoms with E-state index in [-0.39, 0.29) is 11.9 Å². The van der Waals surface area contributed by atoms with Crippen LogP contribution in [0, 0.1) is 0 Å². The van der Waals surface area contributed by atoms with E-state index in [0.29, 0.717) is 4.96 Å². The third kappa shape index (κ3) is 2.79. The van der Waals surface area contributed by atoms with Gasteiger partial charge in [-0.25, -0.2) is 4.98 Å². The highest BCUT2D eigenvalue weighted by atomic mass is 35.5. The molecule has 0 bridgehead atoms. The number of likely N-dealkylation sites (tertiary alicyclic amines) is 1. The highest BCUT2D eigenvalue weighted by Crippen LogP contribution is 2.42. The Morgan fingerprint density at radius 2 is 1.88 bits per heavy atom. The van der Waals surface area contributed by atoms with E-state index in [1.165, 1.54) is 47.9 Å². The van der Waals surface area contributed by atoms with Crippen LogP contribution < -0.4 is 0 Å². The summed E-state index contributed by atoms with van der Waals surface area (Å²) < 4.78 is 1.50. The van der Waals surface area contributed by atoms with Crippen LogP contribution >= 0.6 is 22.9 Å². The summed E-state index contributed by atoms with van der Waals surface area (Å²) in [6, 6.07) is 7.84. The maximum Gasteiger partial charge on any atom is 0.230 e. The van der Waals surface area contributed by atoms with E-state index in [4.69, 9.17) is 11.6 Å². The number of aromatic nitrogens is 3. The minimum absolute atomic E-state index is 0.0645. The van der Waals surface area contributed by atoms with Crippen LogP contribution in [0.3, 0.4) is 0 Å². The summed E-state index contributed by atoms with van der Waals surface area (Å²) in [6.45, 7) is 2.01. The minimum atomic E-state index is -0.0645. The van der Waals surface area contributed by atoms with Crippen molar-refractivity contribution in [2.75, 3.05) is 13.1 Å². The molecule has 0 saturated carbocycles. The highest BCUT2D eigenvalue weighted by Gasteiger charge is 2.30. The first-order valence-electron chi connectivity index (χ1n) is 8.25. The second kappa shape index (κ2) is 6.70. The molecule has 2 aromatic heterocycles. The summed E-state index contributed by atoms with van der Waals surface area (Å²) in [5.41, 5.74) is 1.03. The number of hydrogen-bond donors (Lipinski definition) is 1. The summed E-state index contributed by atoms with van der Waals surface area (Å²) in [6.07, 6.45) is 6.32. The number of benzene rings is 1. The van der Waals surface area contributed by atoms with Crippen molar-refractivity contribution in [1.82, 2.24) is 19.5 Å². The van der Waals surface area contributed by atoms with Crippen molar-refractivity contribution in [3.63, 3.8) is 0 Å². The Kier molecular flexibility index (Phi) is 4.43. The lowest BCUT2D eigenvalue weighted by Gasteiger charge is -2.30. The highest BCUT2D eigenvalue weighted by molar-refractivity contribution is 7.17. The molecule has 0 radical (unpaired) electrons. The lowest BCUT2D eigenvalue weighted by Crippen LogP contribution is -2.30. The molecule has 1 atom stereocenters. The molecule has 1 aliphatic heterocycles. The molecule has 1 unspecified atom stereocenters. The Bertz CT molecular complexity index is 838. The van der Waals surface area contributed by atoms with Crippen molar-refractivity contribution < 1.29 is 5.11 Å². The second-order valence-electron chi connectivity index (χ2n) is 6.12. The Labute approximate surface area is 149 Å². The number of rotatable bonds is 3. The molecular weight excluding hydrogens is 344 g/mol. The van der Waals surface area contributed by atoms with Crippen molar-refractivity contribution >= 4 is 27.9 Å². The summed E-state index contributed by atoms with van der Waals surface area (Å²) in [5.74, 6) is 0.168. The lowest BCUT2D eigenvalue weighted by molar-refractivity contribution is 0.233. The standard InChI is InChI=1S/C17H19ClN4OS/c18-13-8-4-3-7-12(13)14(21-9-5-1-2-6-10-21)15-16(23)22-17(24-15)19-11-20-22/h3-4,7-8,11,14,23H,1-2,5-6,9-10H2. The fourth-order valence-electron chi connectivity index (χ4n) is 3.43. The van der Waals surface area contributed by atoms with Gasteiger partial charge in [-0.15, -0.1) is 0 Å². The number of fused-ring (bicyclic) bond motifs is 1. The molecule has 0 amide bonds. The van der Waals surface area contributed by atoms with E-state index in [2.05, 4.69) is 15.0 Å². The maximum atomic E-state index is 10.7. The number of halogens is 1. The first-order valence-corrected chi connectivity index (χ1v) is 9.45. The molecule has 5 nitrogen and oxygen atoms in total. The third-order valence-electron chi connectivity index (χ3n) is 4.59. The Hall–Kier alpha value is -1.63. The van der Waals surface area contributed by atoms with E-state index in [9.17, 15) is 5.11 Å². The molecular formula is C17H19ClN4OS. The van der Waals surface area contributed by atoms with Crippen LogP contribution in [-0.4, -0.2) is 37.7 Å². The number of hydrogen-bond acceptors (Lipinski definition) is 5. The summed E-state index contributed by atoms with van der Waals surface area (Å²) in [7, 11) is 0. The minimum Gasteiger partial charge on any atom is -0.492 e. The van der Waals surface area contributed by atoms with Gasteiger partial charge < -0.3 is 5.11 Å².